The maximum atomic E-state index is 6.11. The smallest absolute Gasteiger partial charge is 0.413 e. The summed E-state index contributed by atoms with van der Waals surface area (Å²) in [5.74, 6) is 1.27. The maximum absolute atomic E-state index is 6.11. The molecule has 21 heteroatoms. The summed E-state index contributed by atoms with van der Waals surface area (Å²) in [7, 11) is 0. The van der Waals surface area contributed by atoms with E-state index in [-0.39, 0.29) is 124 Å². The van der Waals surface area contributed by atoms with Gasteiger partial charge in [-0.05, 0) is 0 Å². The molecule has 11 nitrogen and oxygen atoms in total. The second kappa shape index (κ2) is 24.9. The Hall–Kier alpha value is -3.20. The van der Waals surface area contributed by atoms with Crippen LogP contribution in [0.2, 0.25) is 0 Å². The lowest BCUT2D eigenvalue weighted by atomic mass is 10.2. The number of anilines is 5. The summed E-state index contributed by atoms with van der Waals surface area (Å²) in [5.41, 5.74) is 35.9. The molecule has 0 atom stereocenters. The van der Waals surface area contributed by atoms with Crippen molar-refractivity contribution in [2.75, 3.05) is 28.7 Å². The van der Waals surface area contributed by atoms with E-state index >= 15 is 0 Å². The van der Waals surface area contributed by atoms with Crippen molar-refractivity contribution in [3.05, 3.63) is 123 Å². The molecule has 6 aromatic heterocycles. The van der Waals surface area contributed by atoms with Crippen LogP contribution in [0.3, 0.4) is 0 Å². The number of halogens is 10. The minimum absolute atomic E-state index is 0. The predicted octanol–water partition coefficient (Wildman–Crippen LogP) is -12.5. The van der Waals surface area contributed by atoms with E-state index < -0.39 is 0 Å². The molecule has 6 heterocycles. The molecule has 0 aliphatic heterocycles. The van der Waals surface area contributed by atoms with Crippen LogP contribution in [0.5, 0.6) is 0 Å². The minimum atomic E-state index is 0. The SMILES string of the molecule is Cl.Cl.Cl.Cl.Cl.Nc1cc[n+](-c2nc(-[n+]3ccc(N)cc3)c(-[n+]3ccc(N)cc3)c(-[n+]3ccc(N)cc3)c2-[n+]2ccc(N)cc2)cc1.[Cl-].[Cl-].[Cl-].[Cl-].[Cl-]. The van der Waals surface area contributed by atoms with Crippen LogP contribution in [0.25, 0.3) is 28.7 Å². The zero-order valence-electron chi connectivity index (χ0n) is 26.0. The van der Waals surface area contributed by atoms with Gasteiger partial charge in [0.25, 0.3) is 0 Å². The summed E-state index contributed by atoms with van der Waals surface area (Å²) >= 11 is 0. The quantitative estimate of drug-likeness (QED) is 0.108. The summed E-state index contributed by atoms with van der Waals surface area (Å²) in [6.07, 6.45) is 19.0. The van der Waals surface area contributed by atoms with Gasteiger partial charge in [-0.3, -0.25) is 0 Å². The Labute approximate surface area is 357 Å². The number of nitrogens with zero attached hydrogens (tertiary/aromatic N) is 6. The molecule has 0 spiro atoms. The third kappa shape index (κ3) is 12.5. The topological polar surface area (TPSA) is 162 Å². The van der Waals surface area contributed by atoms with Gasteiger partial charge < -0.3 is 90.7 Å². The van der Waals surface area contributed by atoms with Gasteiger partial charge in [0.15, 0.2) is 37.2 Å². The van der Waals surface area contributed by atoms with Crippen LogP contribution < -0.4 is 114 Å². The Morgan fingerprint density at radius 3 is 0.686 bits per heavy atom. The van der Waals surface area contributed by atoms with Gasteiger partial charge in [-0.25, -0.2) is 0 Å². The molecule has 6 aromatic rings. The fourth-order valence-electron chi connectivity index (χ4n) is 4.53. The van der Waals surface area contributed by atoms with Gasteiger partial charge in [-0.15, -0.1) is 62.0 Å². The molecule has 0 saturated carbocycles. The van der Waals surface area contributed by atoms with E-state index in [9.17, 15) is 0 Å². The number of nitrogen functional groups attached to an aromatic ring is 5. The molecular weight excluding hydrogens is 869 g/mol. The highest BCUT2D eigenvalue weighted by molar-refractivity contribution is 5.86. The number of hydrogen-bond donors (Lipinski definition) is 5. The van der Waals surface area contributed by atoms with Crippen LogP contribution in [0.4, 0.5) is 28.4 Å². The Kier molecular flexibility index (Phi) is 27.9. The standard InChI is InChI=1S/C30H25N11.10ClH/c31-21-1-11-37(12-2-21)26-27(38-13-3-22(32)4-14-38)29(40-17-7-24(34)8-18-40)36-30(41-19-9-25(35)10-20-41)28(26)39-15-5-23(33)6-16-39;;;;;;;;;;/h1-20,31-35H;10*1H. The summed E-state index contributed by atoms with van der Waals surface area (Å²) < 4.78 is 9.83. The summed E-state index contributed by atoms with van der Waals surface area (Å²) in [6.45, 7) is 0. The lowest BCUT2D eigenvalue weighted by Gasteiger charge is -2.07. The van der Waals surface area contributed by atoms with Crippen molar-refractivity contribution in [3.63, 3.8) is 0 Å². The first-order valence-electron chi connectivity index (χ1n) is 12.8. The normalized spacial score (nSPS) is 8.78. The first kappa shape index (κ1) is 57.2. The monoisotopic (exact) mass is 899 g/mol. The van der Waals surface area contributed by atoms with Crippen LogP contribution in [0.15, 0.2) is 123 Å². The number of hydrogen-bond acceptors (Lipinski definition) is 6. The van der Waals surface area contributed by atoms with Crippen molar-refractivity contribution in [2.24, 2.45) is 0 Å². The van der Waals surface area contributed by atoms with E-state index in [1.54, 1.807) is 0 Å². The summed E-state index contributed by atoms with van der Waals surface area (Å²) in [4.78, 5) is 5.28. The maximum Gasteiger partial charge on any atom is 0.413 e. The molecule has 0 aliphatic carbocycles. The van der Waals surface area contributed by atoms with Crippen molar-refractivity contribution in [1.29, 1.82) is 0 Å². The molecule has 0 bridgehead atoms. The van der Waals surface area contributed by atoms with E-state index in [1.807, 2.05) is 145 Å². The van der Waals surface area contributed by atoms with Gasteiger partial charge in [0, 0.05) is 94.1 Å². The van der Waals surface area contributed by atoms with Crippen LogP contribution in [-0.4, -0.2) is 4.98 Å². The molecule has 0 unspecified atom stereocenters. The van der Waals surface area contributed by atoms with Crippen molar-refractivity contribution in [2.45, 2.75) is 0 Å². The third-order valence-corrected chi connectivity index (χ3v) is 6.62. The summed E-state index contributed by atoms with van der Waals surface area (Å²) in [6, 6.07) is 18.4. The molecule has 0 amide bonds. The molecule has 0 fully saturated rings. The van der Waals surface area contributed by atoms with Gasteiger partial charge in [-0.1, -0.05) is 0 Å². The molecule has 10 N–H and O–H groups in total. The lowest BCUT2D eigenvalue weighted by molar-refractivity contribution is -0.673. The molecule has 51 heavy (non-hydrogen) atoms. The van der Waals surface area contributed by atoms with E-state index in [4.69, 9.17) is 33.7 Å². The summed E-state index contributed by atoms with van der Waals surface area (Å²) in [5, 5.41) is 0. The predicted molar refractivity (Wildman–Crippen MR) is 190 cm³/mol. The Bertz CT molecular complexity index is 1760. The highest BCUT2D eigenvalue weighted by Gasteiger charge is 2.47. The fraction of sp³-hybridized carbons (Fsp3) is 0. The van der Waals surface area contributed by atoms with Crippen LogP contribution in [-0.2, 0) is 0 Å². The molecule has 280 valence electrons. The van der Waals surface area contributed by atoms with Crippen LogP contribution in [0, 0.1) is 0 Å². The van der Waals surface area contributed by atoms with Crippen molar-refractivity contribution in [1.82, 2.24) is 4.98 Å². The number of nitrogens with two attached hydrogens (primary N) is 5. The van der Waals surface area contributed by atoms with E-state index in [0.29, 0.717) is 40.1 Å². The van der Waals surface area contributed by atoms with Gasteiger partial charge in [0.05, 0.1) is 24.8 Å². The number of pyridine rings is 6. The third-order valence-electron chi connectivity index (χ3n) is 6.62. The molecular formula is C30H35Cl10N11. The van der Waals surface area contributed by atoms with Gasteiger partial charge in [0.1, 0.15) is 0 Å². The Balaban J connectivity index is -0.000000705. The number of rotatable bonds is 5. The second-order valence-corrected chi connectivity index (χ2v) is 9.50. The molecule has 0 radical (unpaired) electrons. The average molecular weight is 904 g/mol. The molecule has 0 aliphatic rings. The van der Waals surface area contributed by atoms with Gasteiger partial charge in [-0.2, -0.15) is 22.8 Å². The van der Waals surface area contributed by atoms with Crippen molar-refractivity contribution >= 4 is 90.5 Å². The second-order valence-electron chi connectivity index (χ2n) is 9.50. The Morgan fingerprint density at radius 1 is 0.294 bits per heavy atom. The van der Waals surface area contributed by atoms with E-state index in [2.05, 4.69) is 0 Å². The largest absolute Gasteiger partial charge is 1.00 e. The van der Waals surface area contributed by atoms with Gasteiger partial charge >= 0.3 is 28.7 Å². The molecule has 0 saturated heterocycles. The van der Waals surface area contributed by atoms with E-state index in [1.165, 1.54) is 0 Å². The minimum Gasteiger partial charge on any atom is -1.00 e. The molecule has 0 aromatic carbocycles. The Morgan fingerprint density at radius 2 is 0.471 bits per heavy atom. The van der Waals surface area contributed by atoms with E-state index in [0.717, 1.165) is 17.1 Å². The lowest BCUT2D eigenvalue weighted by Crippen LogP contribution is -3.00. The average Bonchev–Trinajstić information content (AvgIpc) is 2.98. The van der Waals surface area contributed by atoms with Crippen molar-refractivity contribution < 1.29 is 84.9 Å². The first-order valence-corrected chi connectivity index (χ1v) is 12.8. The highest BCUT2D eigenvalue weighted by Crippen LogP contribution is 2.24. The van der Waals surface area contributed by atoms with Crippen molar-refractivity contribution in [3.8, 4) is 28.7 Å². The van der Waals surface area contributed by atoms with Crippen LogP contribution in [0.1, 0.15) is 0 Å². The van der Waals surface area contributed by atoms with Gasteiger partial charge in [0.2, 0.25) is 0 Å². The number of aromatic nitrogens is 6. The zero-order chi connectivity index (χ0) is 28.5. The van der Waals surface area contributed by atoms with Crippen LogP contribution >= 0.6 is 62.0 Å². The fourth-order valence-corrected chi connectivity index (χ4v) is 4.53. The molecule has 6 rings (SSSR count). The first-order chi connectivity index (χ1) is 19.9. The zero-order valence-corrected chi connectivity index (χ0v) is 33.9. The highest BCUT2D eigenvalue weighted by atomic mass is 35.5.